The monoisotopic (exact) mass is 424 g/mol. The molecule has 0 fully saturated rings. The van der Waals surface area contributed by atoms with Gasteiger partial charge in [0.2, 0.25) is 0 Å². The average molecular weight is 427 g/mol. The Morgan fingerprint density at radius 2 is 1.52 bits per heavy atom. The van der Waals surface area contributed by atoms with Crippen molar-refractivity contribution in [2.45, 2.75) is 0 Å². The molecule has 21 heavy (non-hydrogen) atoms. The van der Waals surface area contributed by atoms with Crippen LogP contribution in [0, 0.1) is 0 Å². The molecule has 2 nitrogen and oxygen atoms in total. The summed E-state index contributed by atoms with van der Waals surface area (Å²) < 4.78 is 3.84. The van der Waals surface area contributed by atoms with Crippen molar-refractivity contribution in [1.82, 2.24) is 9.78 Å². The van der Waals surface area contributed by atoms with Crippen molar-refractivity contribution in [3.05, 3.63) is 62.5 Å². The van der Waals surface area contributed by atoms with Crippen molar-refractivity contribution in [3.63, 3.8) is 0 Å². The second-order valence-electron chi connectivity index (χ2n) is 4.66. The van der Waals surface area contributed by atoms with Crippen LogP contribution in [0.25, 0.3) is 22.5 Å². The minimum absolute atomic E-state index is 0.661. The summed E-state index contributed by atoms with van der Waals surface area (Å²) in [4.78, 5) is 0. The van der Waals surface area contributed by atoms with E-state index in [1.54, 1.807) is 0 Å². The van der Waals surface area contributed by atoms with Crippen molar-refractivity contribution in [1.29, 1.82) is 0 Å². The fraction of sp³-hybridized carbons (Fsp3) is 0.0625. The average Bonchev–Trinajstić information content (AvgIpc) is 2.74. The molecule has 0 saturated heterocycles. The lowest BCUT2D eigenvalue weighted by Crippen LogP contribution is -1.93. The fourth-order valence-electron chi connectivity index (χ4n) is 2.27. The second-order valence-corrected chi connectivity index (χ2v) is 6.86. The highest BCUT2D eigenvalue weighted by atomic mass is 79.9. The van der Waals surface area contributed by atoms with E-state index in [0.717, 1.165) is 31.5 Å². The van der Waals surface area contributed by atoms with Crippen LogP contribution in [0.2, 0.25) is 5.02 Å². The van der Waals surface area contributed by atoms with Crippen molar-refractivity contribution >= 4 is 43.5 Å². The van der Waals surface area contributed by atoms with E-state index in [2.05, 4.69) is 37.0 Å². The first kappa shape index (κ1) is 14.8. The maximum absolute atomic E-state index is 6.59. The Balaban J connectivity index is 2.17. The van der Waals surface area contributed by atoms with Crippen molar-refractivity contribution in [2.24, 2.45) is 7.05 Å². The first-order chi connectivity index (χ1) is 10.1. The topological polar surface area (TPSA) is 17.8 Å². The van der Waals surface area contributed by atoms with Gasteiger partial charge in [0.25, 0.3) is 0 Å². The molecule has 0 radical (unpaired) electrons. The zero-order valence-electron chi connectivity index (χ0n) is 11.1. The van der Waals surface area contributed by atoms with Gasteiger partial charge in [-0.05, 0) is 24.3 Å². The summed E-state index contributed by atoms with van der Waals surface area (Å²) in [6, 6.07) is 16.0. The van der Waals surface area contributed by atoms with Gasteiger partial charge in [0.15, 0.2) is 0 Å². The van der Waals surface area contributed by atoms with Gasteiger partial charge >= 0.3 is 0 Å². The van der Waals surface area contributed by atoms with Gasteiger partial charge in [0.1, 0.15) is 5.69 Å². The first-order valence-corrected chi connectivity index (χ1v) is 8.27. The van der Waals surface area contributed by atoms with Crippen LogP contribution >= 0.6 is 43.5 Å². The fourth-order valence-corrected chi connectivity index (χ4v) is 3.44. The molecule has 3 rings (SSSR count). The number of halogens is 3. The van der Waals surface area contributed by atoms with Crippen molar-refractivity contribution in [3.8, 4) is 22.5 Å². The van der Waals surface area contributed by atoms with E-state index < -0.39 is 0 Å². The maximum Gasteiger partial charge on any atom is 0.112 e. The molecule has 5 heteroatoms. The predicted octanol–water partition coefficient (Wildman–Crippen LogP) is 5.93. The molecule has 1 aromatic heterocycles. The Labute approximate surface area is 145 Å². The number of aryl methyl sites for hydroxylation is 1. The van der Waals surface area contributed by atoms with Gasteiger partial charge in [-0.2, -0.15) is 5.10 Å². The summed E-state index contributed by atoms with van der Waals surface area (Å²) in [5.74, 6) is 0. The molecular formula is C16H11Br2ClN2. The van der Waals surface area contributed by atoms with E-state index in [0.29, 0.717) is 5.02 Å². The quantitative estimate of drug-likeness (QED) is 0.496. The molecule has 0 bridgehead atoms. The van der Waals surface area contributed by atoms with Gasteiger partial charge in [-0.25, -0.2) is 0 Å². The van der Waals surface area contributed by atoms with Crippen LogP contribution in [0.4, 0.5) is 0 Å². The maximum atomic E-state index is 6.59. The van der Waals surface area contributed by atoms with Crippen LogP contribution in [0.15, 0.2) is 57.5 Å². The third-order valence-corrected chi connectivity index (χ3v) is 4.53. The summed E-state index contributed by atoms with van der Waals surface area (Å²) >= 11 is 13.6. The second kappa shape index (κ2) is 5.95. The number of aromatic nitrogens is 2. The van der Waals surface area contributed by atoms with Crippen LogP contribution < -0.4 is 0 Å². The smallest absolute Gasteiger partial charge is 0.112 e. The lowest BCUT2D eigenvalue weighted by atomic mass is 10.1. The van der Waals surface area contributed by atoms with E-state index in [1.807, 2.05) is 60.3 Å². The zero-order chi connectivity index (χ0) is 15.0. The Hall–Kier alpha value is -1.10. The summed E-state index contributed by atoms with van der Waals surface area (Å²) in [7, 11) is 1.91. The number of hydrogen-bond acceptors (Lipinski definition) is 1. The molecule has 0 amide bonds. The highest BCUT2D eigenvalue weighted by Crippen LogP contribution is 2.37. The Morgan fingerprint density at radius 3 is 2.14 bits per heavy atom. The minimum atomic E-state index is 0.661. The number of hydrogen-bond donors (Lipinski definition) is 0. The summed E-state index contributed by atoms with van der Waals surface area (Å²) in [5, 5.41) is 5.24. The number of nitrogens with zero attached hydrogens (tertiary/aromatic N) is 2. The largest absolute Gasteiger partial charge is 0.266 e. The van der Waals surface area contributed by atoms with Gasteiger partial charge in [-0.1, -0.05) is 67.7 Å². The van der Waals surface area contributed by atoms with E-state index >= 15 is 0 Å². The van der Waals surface area contributed by atoms with Gasteiger partial charge in [-0.3, -0.25) is 4.68 Å². The predicted molar refractivity (Wildman–Crippen MR) is 94.5 cm³/mol. The molecule has 0 saturated carbocycles. The standard InChI is InChI=1S/C16H11Br2ClN2/c1-21-16(11-5-3-7-13(18)9-11)14(19)15(20-21)10-4-2-6-12(17)8-10/h2-9H,1H3. The third-order valence-electron chi connectivity index (χ3n) is 3.19. The SMILES string of the molecule is Cn1nc(-c2cccc(Br)c2)c(Cl)c1-c1cccc(Br)c1. The normalized spacial score (nSPS) is 10.9. The van der Waals surface area contributed by atoms with Crippen LogP contribution in [-0.2, 0) is 7.05 Å². The minimum Gasteiger partial charge on any atom is -0.266 e. The molecular weight excluding hydrogens is 415 g/mol. The zero-order valence-corrected chi connectivity index (χ0v) is 15.1. The number of rotatable bonds is 2. The highest BCUT2D eigenvalue weighted by Gasteiger charge is 2.17. The van der Waals surface area contributed by atoms with Crippen LogP contribution in [0.3, 0.4) is 0 Å². The van der Waals surface area contributed by atoms with Gasteiger partial charge < -0.3 is 0 Å². The van der Waals surface area contributed by atoms with Crippen LogP contribution in [0.5, 0.6) is 0 Å². The summed E-state index contributed by atoms with van der Waals surface area (Å²) in [6.07, 6.45) is 0. The van der Waals surface area contributed by atoms with Crippen molar-refractivity contribution < 1.29 is 0 Å². The molecule has 0 aliphatic carbocycles. The van der Waals surface area contributed by atoms with Gasteiger partial charge in [-0.15, -0.1) is 0 Å². The molecule has 2 aromatic carbocycles. The summed E-state index contributed by atoms with van der Waals surface area (Å²) in [5.41, 5.74) is 3.72. The molecule has 1 heterocycles. The van der Waals surface area contributed by atoms with E-state index in [-0.39, 0.29) is 0 Å². The lowest BCUT2D eigenvalue weighted by Gasteiger charge is -2.03. The molecule has 0 unspecified atom stereocenters. The Bertz CT molecular complexity index is 812. The van der Waals surface area contributed by atoms with Crippen molar-refractivity contribution in [2.75, 3.05) is 0 Å². The number of benzene rings is 2. The van der Waals surface area contributed by atoms with E-state index in [9.17, 15) is 0 Å². The Kier molecular flexibility index (Phi) is 4.20. The van der Waals surface area contributed by atoms with Crippen LogP contribution in [0.1, 0.15) is 0 Å². The lowest BCUT2D eigenvalue weighted by molar-refractivity contribution is 0.779. The van der Waals surface area contributed by atoms with E-state index in [1.165, 1.54) is 0 Å². The Morgan fingerprint density at radius 1 is 0.952 bits per heavy atom. The molecule has 3 aromatic rings. The molecule has 0 N–H and O–H groups in total. The van der Waals surface area contributed by atoms with Crippen LogP contribution in [-0.4, -0.2) is 9.78 Å². The molecule has 0 aliphatic rings. The summed E-state index contributed by atoms with van der Waals surface area (Å²) in [6.45, 7) is 0. The first-order valence-electron chi connectivity index (χ1n) is 6.30. The molecule has 0 aliphatic heterocycles. The van der Waals surface area contributed by atoms with Gasteiger partial charge in [0, 0.05) is 27.1 Å². The highest BCUT2D eigenvalue weighted by molar-refractivity contribution is 9.10. The van der Waals surface area contributed by atoms with E-state index in [4.69, 9.17) is 11.6 Å². The molecule has 106 valence electrons. The van der Waals surface area contributed by atoms with Gasteiger partial charge in [0.05, 0.1) is 10.7 Å². The third kappa shape index (κ3) is 2.93. The molecule has 0 spiro atoms. The molecule has 0 atom stereocenters.